The smallest absolute Gasteiger partial charge is 0.224 e. The van der Waals surface area contributed by atoms with E-state index in [-0.39, 0.29) is 11.8 Å². The van der Waals surface area contributed by atoms with Gasteiger partial charge in [-0.05, 0) is 25.3 Å². The van der Waals surface area contributed by atoms with Crippen molar-refractivity contribution in [1.29, 1.82) is 0 Å². The van der Waals surface area contributed by atoms with E-state index in [1.165, 1.54) is 0 Å². The van der Waals surface area contributed by atoms with Crippen LogP contribution in [0, 0.1) is 11.8 Å². The number of nitrogens with one attached hydrogen (secondary N) is 2. The summed E-state index contributed by atoms with van der Waals surface area (Å²) in [6.45, 7) is 7.06. The van der Waals surface area contributed by atoms with Gasteiger partial charge >= 0.3 is 0 Å². The fourth-order valence-electron chi connectivity index (χ4n) is 1.64. The van der Waals surface area contributed by atoms with E-state index in [0.717, 1.165) is 38.9 Å². The van der Waals surface area contributed by atoms with Gasteiger partial charge in [0.05, 0.1) is 5.92 Å². The van der Waals surface area contributed by atoms with Crippen molar-refractivity contribution in [2.45, 2.75) is 33.1 Å². The molecule has 1 aliphatic heterocycles. The van der Waals surface area contributed by atoms with Crippen LogP contribution in [0.1, 0.15) is 33.1 Å². The van der Waals surface area contributed by atoms with E-state index in [1.807, 2.05) is 0 Å². The third-order valence-corrected chi connectivity index (χ3v) is 2.99. The first-order valence-corrected chi connectivity index (χ1v) is 5.72. The van der Waals surface area contributed by atoms with E-state index < -0.39 is 0 Å². The number of carbonyl (C=O) groups excluding carboxylic acids is 1. The maximum absolute atomic E-state index is 11.7. The van der Waals surface area contributed by atoms with Crippen molar-refractivity contribution in [3.63, 3.8) is 0 Å². The Hall–Kier alpha value is -0.570. The standard InChI is InChI=1S/C11H22N2O/c1-3-9(2)7-13-11(14)10-5-4-6-12-8-10/h9-10,12H,3-8H2,1-2H3,(H,13,14)/t9?,10-/m0/s1. The highest BCUT2D eigenvalue weighted by molar-refractivity contribution is 5.78. The van der Waals surface area contributed by atoms with Crippen LogP contribution >= 0.6 is 0 Å². The number of amides is 1. The van der Waals surface area contributed by atoms with Crippen LogP contribution in [0.4, 0.5) is 0 Å². The summed E-state index contributed by atoms with van der Waals surface area (Å²) in [4.78, 5) is 11.7. The molecular weight excluding hydrogens is 176 g/mol. The zero-order chi connectivity index (χ0) is 10.4. The molecule has 1 unspecified atom stereocenters. The van der Waals surface area contributed by atoms with Gasteiger partial charge < -0.3 is 10.6 Å². The van der Waals surface area contributed by atoms with Gasteiger partial charge in [0, 0.05) is 13.1 Å². The molecule has 0 aromatic rings. The van der Waals surface area contributed by atoms with Crippen molar-refractivity contribution >= 4 is 5.91 Å². The van der Waals surface area contributed by atoms with E-state index in [0.29, 0.717) is 5.92 Å². The Morgan fingerprint density at radius 3 is 3.00 bits per heavy atom. The van der Waals surface area contributed by atoms with Gasteiger partial charge in [0.15, 0.2) is 0 Å². The first-order valence-electron chi connectivity index (χ1n) is 5.72. The first kappa shape index (κ1) is 11.5. The third kappa shape index (κ3) is 3.66. The number of hydrogen-bond acceptors (Lipinski definition) is 2. The van der Waals surface area contributed by atoms with Gasteiger partial charge in [-0.2, -0.15) is 0 Å². The molecular formula is C11H22N2O. The molecule has 1 saturated heterocycles. The summed E-state index contributed by atoms with van der Waals surface area (Å²) in [5.41, 5.74) is 0. The summed E-state index contributed by atoms with van der Waals surface area (Å²) < 4.78 is 0. The van der Waals surface area contributed by atoms with Crippen LogP contribution in [-0.4, -0.2) is 25.5 Å². The molecule has 0 spiro atoms. The summed E-state index contributed by atoms with van der Waals surface area (Å²) in [5.74, 6) is 1.03. The van der Waals surface area contributed by atoms with Crippen molar-refractivity contribution in [3.05, 3.63) is 0 Å². The minimum absolute atomic E-state index is 0.202. The second-order valence-corrected chi connectivity index (χ2v) is 4.30. The van der Waals surface area contributed by atoms with E-state index in [2.05, 4.69) is 24.5 Å². The van der Waals surface area contributed by atoms with Gasteiger partial charge in [0.1, 0.15) is 0 Å². The van der Waals surface area contributed by atoms with Crippen LogP contribution in [0.2, 0.25) is 0 Å². The van der Waals surface area contributed by atoms with Gasteiger partial charge in [0.2, 0.25) is 5.91 Å². The molecule has 2 atom stereocenters. The molecule has 0 aromatic carbocycles. The molecule has 0 bridgehead atoms. The van der Waals surface area contributed by atoms with Crippen LogP contribution in [0.5, 0.6) is 0 Å². The van der Waals surface area contributed by atoms with Gasteiger partial charge in [-0.15, -0.1) is 0 Å². The first-order chi connectivity index (χ1) is 6.74. The zero-order valence-electron chi connectivity index (χ0n) is 9.31. The number of carbonyl (C=O) groups is 1. The molecule has 14 heavy (non-hydrogen) atoms. The molecule has 82 valence electrons. The van der Waals surface area contributed by atoms with Crippen LogP contribution in [0.25, 0.3) is 0 Å². The summed E-state index contributed by atoms with van der Waals surface area (Å²) in [6, 6.07) is 0. The molecule has 1 amide bonds. The predicted molar refractivity (Wildman–Crippen MR) is 58.1 cm³/mol. The van der Waals surface area contributed by atoms with Gasteiger partial charge in [-0.1, -0.05) is 20.3 Å². The van der Waals surface area contributed by atoms with Gasteiger partial charge in [0.25, 0.3) is 0 Å². The normalized spacial score (nSPS) is 24.3. The minimum Gasteiger partial charge on any atom is -0.356 e. The molecule has 0 aromatic heterocycles. The van der Waals surface area contributed by atoms with Crippen LogP contribution in [-0.2, 0) is 4.79 Å². The lowest BCUT2D eigenvalue weighted by Gasteiger charge is -2.22. The summed E-state index contributed by atoms with van der Waals surface area (Å²) >= 11 is 0. The molecule has 3 heteroatoms. The van der Waals surface area contributed by atoms with E-state index in [1.54, 1.807) is 0 Å². The van der Waals surface area contributed by atoms with Crippen LogP contribution in [0.3, 0.4) is 0 Å². The molecule has 1 aliphatic rings. The lowest BCUT2D eigenvalue weighted by atomic mass is 9.98. The Labute approximate surface area is 86.6 Å². The topological polar surface area (TPSA) is 41.1 Å². The third-order valence-electron chi connectivity index (χ3n) is 2.99. The lowest BCUT2D eigenvalue weighted by molar-refractivity contribution is -0.125. The number of piperidine rings is 1. The number of rotatable bonds is 4. The predicted octanol–water partition coefficient (Wildman–Crippen LogP) is 1.15. The Balaban J connectivity index is 2.19. The molecule has 1 heterocycles. The molecule has 0 aliphatic carbocycles. The monoisotopic (exact) mass is 198 g/mol. The van der Waals surface area contributed by atoms with E-state index in [9.17, 15) is 4.79 Å². The summed E-state index contributed by atoms with van der Waals surface area (Å²) in [6.07, 6.45) is 3.30. The maximum atomic E-state index is 11.7. The highest BCUT2D eigenvalue weighted by Crippen LogP contribution is 2.09. The highest BCUT2D eigenvalue weighted by atomic mass is 16.1. The molecule has 1 rings (SSSR count). The fraction of sp³-hybridized carbons (Fsp3) is 0.909. The van der Waals surface area contributed by atoms with Gasteiger partial charge in [-0.3, -0.25) is 4.79 Å². The molecule has 1 fully saturated rings. The van der Waals surface area contributed by atoms with Crippen molar-refractivity contribution in [2.24, 2.45) is 11.8 Å². The molecule has 3 nitrogen and oxygen atoms in total. The second-order valence-electron chi connectivity index (χ2n) is 4.30. The summed E-state index contributed by atoms with van der Waals surface area (Å²) in [7, 11) is 0. The Morgan fingerprint density at radius 2 is 2.43 bits per heavy atom. The maximum Gasteiger partial charge on any atom is 0.224 e. The molecule has 2 N–H and O–H groups in total. The SMILES string of the molecule is CCC(C)CNC(=O)[C@H]1CCCNC1. The fourth-order valence-corrected chi connectivity index (χ4v) is 1.64. The van der Waals surface area contributed by atoms with E-state index >= 15 is 0 Å². The Kier molecular flexibility index (Phi) is 4.94. The van der Waals surface area contributed by atoms with E-state index in [4.69, 9.17) is 0 Å². The largest absolute Gasteiger partial charge is 0.356 e. The van der Waals surface area contributed by atoms with Gasteiger partial charge in [-0.25, -0.2) is 0 Å². The molecule has 0 radical (unpaired) electrons. The lowest BCUT2D eigenvalue weighted by Crippen LogP contribution is -2.41. The number of hydrogen-bond donors (Lipinski definition) is 2. The average molecular weight is 198 g/mol. The second kappa shape index (κ2) is 6.02. The Morgan fingerprint density at radius 1 is 1.64 bits per heavy atom. The average Bonchev–Trinajstić information content (AvgIpc) is 2.26. The van der Waals surface area contributed by atoms with Crippen molar-refractivity contribution < 1.29 is 4.79 Å². The van der Waals surface area contributed by atoms with Crippen molar-refractivity contribution in [2.75, 3.05) is 19.6 Å². The van der Waals surface area contributed by atoms with Crippen molar-refractivity contribution in [3.8, 4) is 0 Å². The van der Waals surface area contributed by atoms with Crippen LogP contribution in [0.15, 0.2) is 0 Å². The highest BCUT2D eigenvalue weighted by Gasteiger charge is 2.20. The van der Waals surface area contributed by atoms with Crippen LogP contribution < -0.4 is 10.6 Å². The summed E-state index contributed by atoms with van der Waals surface area (Å²) in [5, 5.41) is 6.28. The zero-order valence-corrected chi connectivity index (χ0v) is 9.31. The Bertz CT molecular complexity index is 176. The molecule has 0 saturated carbocycles. The minimum atomic E-state index is 0.202. The quantitative estimate of drug-likeness (QED) is 0.711. The van der Waals surface area contributed by atoms with Crippen molar-refractivity contribution in [1.82, 2.24) is 10.6 Å².